The first-order valence-electron chi connectivity index (χ1n) is 8.62. The van der Waals surface area contributed by atoms with Crippen LogP contribution in [0.2, 0.25) is 0 Å². The van der Waals surface area contributed by atoms with Crippen LogP contribution < -0.4 is 10.2 Å². The topological polar surface area (TPSA) is 68.5 Å². The highest BCUT2D eigenvalue weighted by atomic mass is 16.5. The Morgan fingerprint density at radius 2 is 1.85 bits per heavy atom. The van der Waals surface area contributed by atoms with Crippen LogP contribution in [-0.2, 0) is 6.54 Å². The molecule has 0 unspecified atom stereocenters. The number of hydrogen-bond donors (Lipinski definition) is 1. The summed E-state index contributed by atoms with van der Waals surface area (Å²) in [4.78, 5) is 12.2. The van der Waals surface area contributed by atoms with Crippen molar-refractivity contribution in [2.45, 2.75) is 20.4 Å². The monoisotopic (exact) mass is 362 g/mol. The van der Waals surface area contributed by atoms with Crippen LogP contribution in [0.1, 0.15) is 32.9 Å². The van der Waals surface area contributed by atoms with E-state index < -0.39 is 0 Å². The molecule has 3 rings (SSSR count). The summed E-state index contributed by atoms with van der Waals surface area (Å²) in [5, 5.41) is 8.45. The fourth-order valence-electron chi connectivity index (χ4n) is 2.69. The molecule has 0 radical (unpaired) electrons. The Bertz CT molecular complexity index is 941. The number of nitrogens with one attached hydrogen (secondary N) is 1. The van der Waals surface area contributed by atoms with Gasteiger partial charge in [0.2, 0.25) is 0 Å². The number of aromatic nitrogens is 2. The molecule has 1 N–H and O–H groups in total. The molecular formula is C21H22N4O2. The van der Waals surface area contributed by atoms with Crippen molar-refractivity contribution >= 4 is 12.1 Å². The van der Waals surface area contributed by atoms with Gasteiger partial charge < -0.3 is 4.74 Å². The molecule has 0 saturated heterocycles. The molecule has 0 aliphatic heterocycles. The summed E-state index contributed by atoms with van der Waals surface area (Å²) in [6.45, 7) is 4.68. The van der Waals surface area contributed by atoms with Crippen molar-refractivity contribution in [2.75, 3.05) is 7.11 Å². The maximum atomic E-state index is 12.2. The third-order valence-corrected chi connectivity index (χ3v) is 4.15. The number of benzene rings is 2. The van der Waals surface area contributed by atoms with Gasteiger partial charge in [0.25, 0.3) is 5.91 Å². The number of methoxy groups -OCH3 is 1. The van der Waals surface area contributed by atoms with E-state index >= 15 is 0 Å². The van der Waals surface area contributed by atoms with Gasteiger partial charge in [-0.15, -0.1) is 0 Å². The van der Waals surface area contributed by atoms with Gasteiger partial charge in [-0.3, -0.25) is 9.48 Å². The van der Waals surface area contributed by atoms with Gasteiger partial charge in [0.05, 0.1) is 25.6 Å². The van der Waals surface area contributed by atoms with Crippen molar-refractivity contribution in [2.24, 2.45) is 5.10 Å². The van der Waals surface area contributed by atoms with Crippen molar-refractivity contribution in [3.8, 4) is 5.75 Å². The number of nitrogens with zero attached hydrogens (tertiary/aromatic N) is 3. The summed E-state index contributed by atoms with van der Waals surface area (Å²) in [7, 11) is 1.62. The molecule has 0 spiro atoms. The summed E-state index contributed by atoms with van der Waals surface area (Å²) in [6, 6.07) is 16.9. The predicted octanol–water partition coefficient (Wildman–Crippen LogP) is 3.32. The third-order valence-electron chi connectivity index (χ3n) is 4.15. The number of hydrogen-bond acceptors (Lipinski definition) is 4. The fraction of sp³-hybridized carbons (Fsp3) is 0.190. The minimum atomic E-state index is -0.252. The van der Waals surface area contributed by atoms with Gasteiger partial charge in [0.1, 0.15) is 5.75 Å². The number of carbonyl (C=O) groups is 1. The zero-order chi connectivity index (χ0) is 19.2. The number of aryl methyl sites for hydroxylation is 2. The molecule has 0 fully saturated rings. The number of hydrazone groups is 1. The van der Waals surface area contributed by atoms with Crippen LogP contribution in [0.25, 0.3) is 0 Å². The van der Waals surface area contributed by atoms with Crippen molar-refractivity contribution in [3.63, 3.8) is 0 Å². The van der Waals surface area contributed by atoms with Crippen molar-refractivity contribution in [1.29, 1.82) is 0 Å². The highest BCUT2D eigenvalue weighted by Gasteiger charge is 2.06. The first kappa shape index (κ1) is 18.4. The molecule has 6 nitrogen and oxygen atoms in total. The van der Waals surface area contributed by atoms with Crippen LogP contribution >= 0.6 is 0 Å². The Balaban J connectivity index is 1.58. The maximum absolute atomic E-state index is 12.2. The zero-order valence-corrected chi connectivity index (χ0v) is 15.6. The normalized spacial score (nSPS) is 10.9. The second kappa shape index (κ2) is 8.31. The molecular weight excluding hydrogens is 340 g/mol. The second-order valence-electron chi connectivity index (χ2n) is 6.25. The molecule has 138 valence electrons. The van der Waals surface area contributed by atoms with Gasteiger partial charge in [-0.25, -0.2) is 5.43 Å². The lowest BCUT2D eigenvalue weighted by Gasteiger charge is -2.06. The summed E-state index contributed by atoms with van der Waals surface area (Å²) < 4.78 is 7.05. The number of carbonyl (C=O) groups excluding carboxylic acids is 1. The molecule has 0 saturated carbocycles. The summed E-state index contributed by atoms with van der Waals surface area (Å²) in [6.07, 6.45) is 1.59. The molecule has 0 atom stereocenters. The van der Waals surface area contributed by atoms with Gasteiger partial charge in [-0.2, -0.15) is 10.2 Å². The smallest absolute Gasteiger partial charge is 0.271 e. The van der Waals surface area contributed by atoms with Gasteiger partial charge in [0, 0.05) is 11.3 Å². The van der Waals surface area contributed by atoms with E-state index in [-0.39, 0.29) is 5.91 Å². The molecule has 0 bridgehead atoms. The lowest BCUT2D eigenvalue weighted by molar-refractivity contribution is 0.0955. The number of rotatable bonds is 6. The van der Waals surface area contributed by atoms with Crippen molar-refractivity contribution < 1.29 is 9.53 Å². The molecule has 3 aromatic rings. The van der Waals surface area contributed by atoms with E-state index in [0.717, 1.165) is 28.3 Å². The second-order valence-corrected chi connectivity index (χ2v) is 6.25. The van der Waals surface area contributed by atoms with Gasteiger partial charge >= 0.3 is 0 Å². The SMILES string of the molecule is COc1ccc(/C=N\NC(=O)c2ccc(Cn3nc(C)cc3C)cc2)cc1. The van der Waals surface area contributed by atoms with E-state index in [2.05, 4.69) is 15.6 Å². The lowest BCUT2D eigenvalue weighted by atomic mass is 10.1. The Hall–Kier alpha value is -3.41. The van der Waals surface area contributed by atoms with E-state index in [1.165, 1.54) is 0 Å². The quantitative estimate of drug-likeness (QED) is 0.540. The molecule has 0 aliphatic rings. The highest BCUT2D eigenvalue weighted by Crippen LogP contribution is 2.10. The molecule has 6 heteroatoms. The summed E-state index contributed by atoms with van der Waals surface area (Å²) >= 11 is 0. The third kappa shape index (κ3) is 4.82. The van der Waals surface area contributed by atoms with Crippen LogP contribution in [0.15, 0.2) is 59.7 Å². The van der Waals surface area contributed by atoms with Crippen LogP contribution in [0, 0.1) is 13.8 Å². The average molecular weight is 362 g/mol. The Kier molecular flexibility index (Phi) is 5.66. The molecule has 2 aromatic carbocycles. The number of ether oxygens (including phenoxy) is 1. The molecule has 1 aromatic heterocycles. The van der Waals surface area contributed by atoms with E-state index in [1.807, 2.05) is 61.0 Å². The minimum Gasteiger partial charge on any atom is -0.497 e. The van der Waals surface area contributed by atoms with E-state index in [1.54, 1.807) is 25.5 Å². The molecule has 1 amide bonds. The molecule has 0 aliphatic carbocycles. The highest BCUT2D eigenvalue weighted by molar-refractivity contribution is 5.94. The maximum Gasteiger partial charge on any atom is 0.271 e. The Morgan fingerprint density at radius 1 is 1.15 bits per heavy atom. The molecule has 1 heterocycles. The first-order valence-corrected chi connectivity index (χ1v) is 8.62. The first-order chi connectivity index (χ1) is 13.0. The van der Waals surface area contributed by atoms with E-state index in [9.17, 15) is 4.79 Å². The summed E-state index contributed by atoms with van der Waals surface area (Å²) in [5.41, 5.74) is 7.16. The molecule has 27 heavy (non-hydrogen) atoms. The standard InChI is InChI=1S/C21H22N4O2/c1-15-12-16(2)25(24-15)14-18-4-8-19(9-5-18)21(26)23-22-13-17-6-10-20(27-3)11-7-17/h4-13H,14H2,1-3H3,(H,23,26)/b22-13-. The van der Waals surface area contributed by atoms with Crippen LogP contribution in [0.3, 0.4) is 0 Å². The number of amides is 1. The van der Waals surface area contributed by atoms with Crippen molar-refractivity contribution in [3.05, 3.63) is 82.7 Å². The lowest BCUT2D eigenvalue weighted by Crippen LogP contribution is -2.17. The summed E-state index contributed by atoms with van der Waals surface area (Å²) in [5.74, 6) is 0.522. The Morgan fingerprint density at radius 3 is 2.44 bits per heavy atom. The van der Waals surface area contributed by atoms with Gasteiger partial charge in [-0.1, -0.05) is 12.1 Å². The van der Waals surface area contributed by atoms with Gasteiger partial charge in [0.15, 0.2) is 0 Å². The minimum absolute atomic E-state index is 0.252. The van der Waals surface area contributed by atoms with Crippen LogP contribution in [0.5, 0.6) is 5.75 Å². The Labute approximate surface area is 158 Å². The van der Waals surface area contributed by atoms with Crippen LogP contribution in [0.4, 0.5) is 0 Å². The van der Waals surface area contributed by atoms with Crippen LogP contribution in [-0.4, -0.2) is 29.0 Å². The largest absolute Gasteiger partial charge is 0.497 e. The van der Waals surface area contributed by atoms with E-state index in [4.69, 9.17) is 4.74 Å². The fourth-order valence-corrected chi connectivity index (χ4v) is 2.69. The average Bonchev–Trinajstić information content (AvgIpc) is 2.99. The van der Waals surface area contributed by atoms with Gasteiger partial charge in [-0.05, 0) is 67.4 Å². The van der Waals surface area contributed by atoms with E-state index in [0.29, 0.717) is 12.1 Å². The predicted molar refractivity (Wildman–Crippen MR) is 105 cm³/mol. The van der Waals surface area contributed by atoms with Crippen molar-refractivity contribution in [1.82, 2.24) is 15.2 Å². The zero-order valence-electron chi connectivity index (χ0n) is 15.6.